The number of hydrogen-bond donors (Lipinski definition) is 2. The van der Waals surface area contributed by atoms with Gasteiger partial charge in [-0.2, -0.15) is 0 Å². The van der Waals surface area contributed by atoms with Gasteiger partial charge in [0.25, 0.3) is 0 Å². The summed E-state index contributed by atoms with van der Waals surface area (Å²) in [4.78, 5) is 17.5. The van der Waals surface area contributed by atoms with Crippen LogP contribution in [-0.4, -0.2) is 16.9 Å². The minimum Gasteiger partial charge on any atom is -0.328 e. The topological polar surface area (TPSA) is 68.0 Å². The first-order valence-electron chi connectivity index (χ1n) is 7.51. The molecule has 1 unspecified atom stereocenters. The summed E-state index contributed by atoms with van der Waals surface area (Å²) < 4.78 is 0. The molecule has 23 heavy (non-hydrogen) atoms. The quantitative estimate of drug-likeness (QED) is 0.829. The van der Waals surface area contributed by atoms with Crippen molar-refractivity contribution in [2.75, 3.05) is 5.32 Å². The highest BCUT2D eigenvalue weighted by Gasteiger charge is 2.11. The van der Waals surface area contributed by atoms with Crippen molar-refractivity contribution in [3.63, 3.8) is 0 Å². The first-order chi connectivity index (χ1) is 10.4. The molecule has 1 aromatic heterocycles. The highest BCUT2D eigenvalue weighted by molar-refractivity contribution is 7.15. The van der Waals surface area contributed by atoms with Crippen LogP contribution in [0.1, 0.15) is 41.5 Å². The summed E-state index contributed by atoms with van der Waals surface area (Å²) in [7, 11) is 0. The minimum atomic E-state index is -0.0204. The van der Waals surface area contributed by atoms with Gasteiger partial charge in [0.2, 0.25) is 5.91 Å². The summed E-state index contributed by atoms with van der Waals surface area (Å²) in [5.74, 6) is -0.0204. The SMILES string of the molecule is Cc1ccc(Cc2sc(NC(=O)CCC(C)N)nc2C)cc1.Cl. The molecule has 3 N–H and O–H groups in total. The number of nitrogens with two attached hydrogens (primary N) is 1. The molecule has 0 aliphatic carbocycles. The van der Waals surface area contributed by atoms with E-state index in [-0.39, 0.29) is 24.4 Å². The van der Waals surface area contributed by atoms with Crippen molar-refractivity contribution >= 4 is 34.8 Å². The fourth-order valence-electron chi connectivity index (χ4n) is 2.08. The fourth-order valence-corrected chi connectivity index (χ4v) is 3.09. The van der Waals surface area contributed by atoms with E-state index in [0.717, 1.165) is 12.1 Å². The van der Waals surface area contributed by atoms with Crippen molar-refractivity contribution in [1.82, 2.24) is 4.98 Å². The maximum atomic E-state index is 11.8. The van der Waals surface area contributed by atoms with Gasteiger partial charge in [0.15, 0.2) is 5.13 Å². The van der Waals surface area contributed by atoms with Crippen LogP contribution in [-0.2, 0) is 11.2 Å². The zero-order valence-electron chi connectivity index (χ0n) is 13.8. The zero-order valence-corrected chi connectivity index (χ0v) is 15.4. The molecule has 1 amide bonds. The molecule has 0 aliphatic rings. The monoisotopic (exact) mass is 353 g/mol. The van der Waals surface area contributed by atoms with Gasteiger partial charge in [-0.25, -0.2) is 4.98 Å². The Balaban J connectivity index is 0.00000264. The Morgan fingerprint density at radius 1 is 1.30 bits per heavy atom. The van der Waals surface area contributed by atoms with E-state index < -0.39 is 0 Å². The summed E-state index contributed by atoms with van der Waals surface area (Å²) in [5, 5.41) is 3.54. The molecular formula is C17H24ClN3OS. The average Bonchev–Trinajstić information content (AvgIpc) is 2.79. The molecular weight excluding hydrogens is 330 g/mol. The average molecular weight is 354 g/mol. The Morgan fingerprint density at radius 3 is 2.57 bits per heavy atom. The molecule has 2 aromatic rings. The predicted octanol–water partition coefficient (Wildman–Crippen LogP) is 3.84. The molecule has 6 heteroatoms. The van der Waals surface area contributed by atoms with Crippen molar-refractivity contribution < 1.29 is 4.79 Å². The summed E-state index contributed by atoms with van der Waals surface area (Å²) in [5.41, 5.74) is 9.16. The lowest BCUT2D eigenvalue weighted by molar-refractivity contribution is -0.116. The van der Waals surface area contributed by atoms with E-state index in [1.165, 1.54) is 16.0 Å². The third kappa shape index (κ3) is 6.29. The van der Waals surface area contributed by atoms with E-state index in [0.29, 0.717) is 18.0 Å². The van der Waals surface area contributed by atoms with Gasteiger partial charge in [-0.05, 0) is 32.8 Å². The number of aromatic nitrogens is 1. The lowest BCUT2D eigenvalue weighted by Crippen LogP contribution is -2.19. The molecule has 1 atom stereocenters. The molecule has 0 bridgehead atoms. The summed E-state index contributed by atoms with van der Waals surface area (Å²) in [6.45, 7) is 5.97. The Labute approximate surface area is 147 Å². The number of aryl methyl sites for hydroxylation is 2. The predicted molar refractivity (Wildman–Crippen MR) is 99.6 cm³/mol. The first kappa shape index (κ1) is 19.6. The van der Waals surface area contributed by atoms with E-state index in [1.54, 1.807) is 11.3 Å². The summed E-state index contributed by atoms with van der Waals surface area (Å²) >= 11 is 1.55. The molecule has 0 saturated heterocycles. The second-order valence-electron chi connectivity index (χ2n) is 5.75. The van der Waals surface area contributed by atoms with Crippen LogP contribution in [0, 0.1) is 13.8 Å². The van der Waals surface area contributed by atoms with E-state index in [9.17, 15) is 4.79 Å². The number of anilines is 1. The Hall–Kier alpha value is -1.43. The largest absolute Gasteiger partial charge is 0.328 e. The van der Waals surface area contributed by atoms with Crippen molar-refractivity contribution in [3.05, 3.63) is 46.0 Å². The Bertz CT molecular complexity index is 638. The van der Waals surface area contributed by atoms with Crippen LogP contribution >= 0.6 is 23.7 Å². The molecule has 126 valence electrons. The van der Waals surface area contributed by atoms with E-state index in [4.69, 9.17) is 5.73 Å². The van der Waals surface area contributed by atoms with Crippen LogP contribution in [0.15, 0.2) is 24.3 Å². The highest BCUT2D eigenvalue weighted by atomic mass is 35.5. The van der Waals surface area contributed by atoms with Gasteiger partial charge in [-0.3, -0.25) is 4.79 Å². The van der Waals surface area contributed by atoms with Crippen molar-refractivity contribution in [3.8, 4) is 0 Å². The fraction of sp³-hybridized carbons (Fsp3) is 0.412. The highest BCUT2D eigenvalue weighted by Crippen LogP contribution is 2.25. The lowest BCUT2D eigenvalue weighted by atomic mass is 10.1. The van der Waals surface area contributed by atoms with Crippen LogP contribution in [0.5, 0.6) is 0 Å². The zero-order chi connectivity index (χ0) is 16.1. The Kier molecular flexibility index (Phi) is 7.68. The maximum absolute atomic E-state index is 11.8. The molecule has 0 fully saturated rings. The second kappa shape index (κ2) is 9.01. The third-order valence-electron chi connectivity index (χ3n) is 3.45. The Morgan fingerprint density at radius 2 is 1.96 bits per heavy atom. The van der Waals surface area contributed by atoms with Crippen molar-refractivity contribution in [2.24, 2.45) is 5.73 Å². The molecule has 0 radical (unpaired) electrons. The van der Waals surface area contributed by atoms with Gasteiger partial charge in [-0.1, -0.05) is 29.8 Å². The van der Waals surface area contributed by atoms with Gasteiger partial charge in [0.05, 0.1) is 5.69 Å². The summed E-state index contributed by atoms with van der Waals surface area (Å²) in [6, 6.07) is 8.54. The maximum Gasteiger partial charge on any atom is 0.226 e. The number of rotatable bonds is 6. The smallest absolute Gasteiger partial charge is 0.226 e. The van der Waals surface area contributed by atoms with E-state index in [1.807, 2.05) is 13.8 Å². The van der Waals surface area contributed by atoms with Gasteiger partial charge in [0, 0.05) is 23.8 Å². The number of carbonyl (C=O) groups excluding carboxylic acids is 1. The van der Waals surface area contributed by atoms with Crippen molar-refractivity contribution in [2.45, 2.75) is 46.1 Å². The molecule has 1 aromatic carbocycles. The number of halogens is 1. The third-order valence-corrected chi connectivity index (χ3v) is 4.52. The normalized spacial score (nSPS) is 11.7. The molecule has 0 aliphatic heterocycles. The van der Waals surface area contributed by atoms with Crippen LogP contribution in [0.4, 0.5) is 5.13 Å². The number of nitrogens with one attached hydrogen (secondary N) is 1. The van der Waals surface area contributed by atoms with Crippen LogP contribution in [0.2, 0.25) is 0 Å². The molecule has 4 nitrogen and oxygen atoms in total. The van der Waals surface area contributed by atoms with Crippen LogP contribution in [0.25, 0.3) is 0 Å². The number of hydrogen-bond acceptors (Lipinski definition) is 4. The van der Waals surface area contributed by atoms with Crippen LogP contribution in [0.3, 0.4) is 0 Å². The van der Waals surface area contributed by atoms with Crippen molar-refractivity contribution in [1.29, 1.82) is 0 Å². The minimum absolute atomic E-state index is 0. The number of carbonyl (C=O) groups is 1. The van der Waals surface area contributed by atoms with Gasteiger partial charge < -0.3 is 11.1 Å². The first-order valence-corrected chi connectivity index (χ1v) is 8.33. The number of nitrogens with zero attached hydrogens (tertiary/aromatic N) is 1. The number of amides is 1. The van der Waals surface area contributed by atoms with E-state index in [2.05, 4.69) is 41.5 Å². The van der Waals surface area contributed by atoms with E-state index >= 15 is 0 Å². The van der Waals surface area contributed by atoms with Gasteiger partial charge in [0.1, 0.15) is 0 Å². The second-order valence-corrected chi connectivity index (χ2v) is 6.84. The molecule has 1 heterocycles. The van der Waals surface area contributed by atoms with Gasteiger partial charge in [-0.15, -0.1) is 23.7 Å². The van der Waals surface area contributed by atoms with Crippen LogP contribution < -0.4 is 11.1 Å². The number of benzene rings is 1. The standard InChI is InChI=1S/C17H23N3OS.ClH/c1-11-4-7-14(8-5-11)10-15-13(3)19-17(22-15)20-16(21)9-6-12(2)18;/h4-5,7-8,12H,6,9-10,18H2,1-3H3,(H,19,20,21);1H. The molecule has 0 saturated carbocycles. The number of thiazole rings is 1. The molecule has 2 rings (SSSR count). The summed E-state index contributed by atoms with van der Waals surface area (Å²) in [6.07, 6.45) is 1.97. The van der Waals surface area contributed by atoms with Gasteiger partial charge >= 0.3 is 0 Å². The lowest BCUT2D eigenvalue weighted by Gasteiger charge is -2.04. The molecule has 0 spiro atoms.